The lowest BCUT2D eigenvalue weighted by Gasteiger charge is -2.55. The molecule has 4 aliphatic rings. The number of imide groups is 3. The summed E-state index contributed by atoms with van der Waals surface area (Å²) in [5.41, 5.74) is 6.71. The highest BCUT2D eigenvalue weighted by Crippen LogP contribution is 2.65. The van der Waals surface area contributed by atoms with Crippen LogP contribution in [0.5, 0.6) is 5.75 Å². The fourth-order valence-electron chi connectivity index (χ4n) is 8.99. The molecule has 0 bridgehead atoms. The second kappa shape index (κ2) is 10.5. The number of hydrogen-bond acceptors (Lipinski definition) is 6. The first-order valence-electron chi connectivity index (χ1n) is 15.7. The number of carbonyl (C=O) groups is 5. The Kier molecular flexibility index (Phi) is 6.41. The summed E-state index contributed by atoms with van der Waals surface area (Å²) in [6, 6.07) is 28.0. The van der Waals surface area contributed by atoms with E-state index < -0.39 is 52.8 Å². The zero-order valence-electron chi connectivity index (χ0n) is 25.2. The molecule has 8 rings (SSSR count). The summed E-state index contributed by atoms with van der Waals surface area (Å²) in [5, 5.41) is 13.3. The molecular weight excluding hydrogens is 592 g/mol. The molecule has 47 heavy (non-hydrogen) atoms. The number of carbonyl (C=O) groups excluding carboxylic acids is 5. The summed E-state index contributed by atoms with van der Waals surface area (Å²) in [5.74, 6) is -6.21. The molecule has 6 unspecified atom stereocenters. The Balaban J connectivity index is 1.46. The number of hydrogen-bond donors (Lipinski definition) is 2. The van der Waals surface area contributed by atoms with Crippen LogP contribution in [0.2, 0.25) is 0 Å². The molecule has 8 heteroatoms. The number of fused-ring (bicyclic) bond motifs is 5. The molecule has 8 nitrogen and oxygen atoms in total. The lowest BCUT2D eigenvalue weighted by atomic mass is 9.44. The predicted molar refractivity (Wildman–Crippen MR) is 174 cm³/mol. The number of aromatic hydroxyl groups is 1. The van der Waals surface area contributed by atoms with Gasteiger partial charge in [0.15, 0.2) is 11.6 Å². The molecule has 0 spiro atoms. The summed E-state index contributed by atoms with van der Waals surface area (Å²) in [6.07, 6.45) is 3.57. The first-order valence-corrected chi connectivity index (χ1v) is 15.7. The number of urea groups is 1. The molecule has 4 amide bonds. The normalized spacial score (nSPS) is 28.3. The van der Waals surface area contributed by atoms with E-state index in [4.69, 9.17) is 5.73 Å². The fourth-order valence-corrected chi connectivity index (χ4v) is 8.99. The summed E-state index contributed by atoms with van der Waals surface area (Å²) < 4.78 is 0. The summed E-state index contributed by atoms with van der Waals surface area (Å²) in [6.45, 7) is 0. The smallest absolute Gasteiger partial charge is 0.328 e. The van der Waals surface area contributed by atoms with Crippen LogP contribution in [0, 0.1) is 23.7 Å². The minimum absolute atomic E-state index is 0.0444. The predicted octanol–water partition coefficient (Wildman–Crippen LogP) is 5.45. The number of nitrogens with two attached hydrogens (primary N) is 1. The van der Waals surface area contributed by atoms with Crippen molar-refractivity contribution in [1.82, 2.24) is 4.90 Å². The van der Waals surface area contributed by atoms with E-state index in [1.807, 2.05) is 66.7 Å². The van der Waals surface area contributed by atoms with Gasteiger partial charge in [-0.1, -0.05) is 103 Å². The SMILES string of the molecule is NC(=O)N1C(=O)C2CC=C3C(CC4C(=O)C(c5ccccc5)=CC(=O)C4(c4ccccc4)C3c3c(O)ccc4ccccc34)C2C1=O. The van der Waals surface area contributed by atoms with Crippen LogP contribution in [0.25, 0.3) is 16.3 Å². The van der Waals surface area contributed by atoms with Crippen molar-refractivity contribution >= 4 is 45.8 Å². The number of rotatable bonds is 3. The average Bonchev–Trinajstić information content (AvgIpc) is 3.35. The maximum atomic E-state index is 15.1. The van der Waals surface area contributed by atoms with Gasteiger partial charge in [-0.3, -0.25) is 19.2 Å². The summed E-state index contributed by atoms with van der Waals surface area (Å²) in [7, 11) is 0. The Bertz CT molecular complexity index is 2100. The van der Waals surface area contributed by atoms with E-state index in [0.29, 0.717) is 32.5 Å². The molecule has 232 valence electrons. The molecule has 0 aromatic heterocycles. The molecule has 1 heterocycles. The van der Waals surface area contributed by atoms with Gasteiger partial charge < -0.3 is 10.8 Å². The first-order chi connectivity index (χ1) is 22.7. The lowest BCUT2D eigenvalue weighted by molar-refractivity contribution is -0.137. The topological polar surface area (TPSA) is 135 Å². The van der Waals surface area contributed by atoms with Gasteiger partial charge in [0.2, 0.25) is 11.8 Å². The second-order valence-electron chi connectivity index (χ2n) is 12.9. The van der Waals surface area contributed by atoms with Gasteiger partial charge in [-0.15, -0.1) is 0 Å². The highest BCUT2D eigenvalue weighted by atomic mass is 16.3. The minimum Gasteiger partial charge on any atom is -0.508 e. The van der Waals surface area contributed by atoms with Gasteiger partial charge in [0.1, 0.15) is 5.75 Å². The minimum atomic E-state index is -1.48. The Morgan fingerprint density at radius 2 is 1.49 bits per heavy atom. The van der Waals surface area contributed by atoms with E-state index in [2.05, 4.69) is 0 Å². The zero-order valence-corrected chi connectivity index (χ0v) is 25.2. The molecule has 1 saturated carbocycles. The van der Waals surface area contributed by atoms with E-state index in [-0.39, 0.29) is 35.7 Å². The van der Waals surface area contributed by atoms with Crippen molar-refractivity contribution in [2.24, 2.45) is 29.4 Å². The Labute approximate surface area is 270 Å². The number of ketones is 2. The van der Waals surface area contributed by atoms with Crippen molar-refractivity contribution in [2.75, 3.05) is 0 Å². The monoisotopic (exact) mass is 622 g/mol. The van der Waals surface area contributed by atoms with Gasteiger partial charge in [-0.2, -0.15) is 4.90 Å². The fraction of sp³-hybridized carbons (Fsp3) is 0.205. The number of benzene rings is 4. The number of nitrogens with zero attached hydrogens (tertiary/aromatic N) is 1. The van der Waals surface area contributed by atoms with E-state index >= 15 is 4.79 Å². The quantitative estimate of drug-likeness (QED) is 0.231. The van der Waals surface area contributed by atoms with Crippen molar-refractivity contribution in [3.05, 3.63) is 131 Å². The standard InChI is InChI=1S/C39H30N2O6/c40-38(47)41-36(45)26-17-16-25-28(32(26)37(41)46)19-29-35(44)27(21-9-3-1-4-10-21)20-31(43)39(29,23-12-5-2-6-13-23)34(25)33-24-14-8-7-11-22(24)15-18-30(33)42/h1-16,18,20,26,28-29,32,34,42H,17,19H2,(H2,40,47). The highest BCUT2D eigenvalue weighted by molar-refractivity contribution is 6.32. The van der Waals surface area contributed by atoms with Crippen LogP contribution in [0.4, 0.5) is 4.79 Å². The van der Waals surface area contributed by atoms with E-state index in [1.54, 1.807) is 36.4 Å². The Morgan fingerprint density at radius 3 is 2.21 bits per heavy atom. The number of Topliss-reactive ketones (excluding diaryl/α,β-unsaturated/α-hetero) is 1. The van der Waals surface area contributed by atoms with Crippen LogP contribution in [0.15, 0.2) is 115 Å². The molecule has 4 aromatic carbocycles. The highest BCUT2D eigenvalue weighted by Gasteiger charge is 2.66. The van der Waals surface area contributed by atoms with Gasteiger partial charge in [-0.05, 0) is 52.8 Å². The van der Waals surface area contributed by atoms with Crippen molar-refractivity contribution in [2.45, 2.75) is 24.2 Å². The molecular formula is C39H30N2O6. The van der Waals surface area contributed by atoms with E-state index in [1.165, 1.54) is 6.08 Å². The Hall–Kier alpha value is -5.63. The molecule has 3 aliphatic carbocycles. The number of likely N-dealkylation sites (tertiary alicyclic amines) is 1. The number of amides is 4. The number of allylic oxidation sites excluding steroid dienone is 4. The van der Waals surface area contributed by atoms with Crippen LogP contribution >= 0.6 is 0 Å². The molecule has 1 aliphatic heterocycles. The van der Waals surface area contributed by atoms with Crippen LogP contribution in [-0.4, -0.2) is 39.4 Å². The second-order valence-corrected chi connectivity index (χ2v) is 12.9. The molecule has 6 atom stereocenters. The van der Waals surface area contributed by atoms with Gasteiger partial charge in [0, 0.05) is 23.0 Å². The van der Waals surface area contributed by atoms with Crippen molar-refractivity contribution < 1.29 is 29.1 Å². The average molecular weight is 623 g/mol. The third-order valence-electron chi connectivity index (χ3n) is 10.8. The van der Waals surface area contributed by atoms with Crippen molar-refractivity contribution in [3.63, 3.8) is 0 Å². The third-order valence-corrected chi connectivity index (χ3v) is 10.8. The first kappa shape index (κ1) is 28.8. The zero-order chi connectivity index (χ0) is 32.6. The van der Waals surface area contributed by atoms with Crippen molar-refractivity contribution in [3.8, 4) is 5.75 Å². The van der Waals surface area contributed by atoms with Gasteiger partial charge in [0.25, 0.3) is 0 Å². The molecule has 3 N–H and O–H groups in total. The molecule has 0 radical (unpaired) electrons. The molecule has 1 saturated heterocycles. The van der Waals surface area contributed by atoms with E-state index in [9.17, 15) is 24.3 Å². The van der Waals surface area contributed by atoms with E-state index in [0.717, 1.165) is 5.39 Å². The Morgan fingerprint density at radius 1 is 0.809 bits per heavy atom. The van der Waals surface area contributed by atoms with Crippen LogP contribution < -0.4 is 5.73 Å². The van der Waals surface area contributed by atoms with Crippen LogP contribution in [-0.2, 0) is 24.6 Å². The van der Waals surface area contributed by atoms with Crippen molar-refractivity contribution in [1.29, 1.82) is 0 Å². The maximum absolute atomic E-state index is 15.1. The number of phenolic OH excluding ortho intramolecular Hbond substituents is 1. The van der Waals surface area contributed by atoms with Crippen LogP contribution in [0.1, 0.15) is 35.4 Å². The third kappa shape index (κ3) is 3.91. The maximum Gasteiger partial charge on any atom is 0.328 e. The molecule has 4 aromatic rings. The van der Waals surface area contributed by atoms with Gasteiger partial charge >= 0.3 is 6.03 Å². The largest absolute Gasteiger partial charge is 0.508 e. The summed E-state index contributed by atoms with van der Waals surface area (Å²) >= 11 is 0. The number of primary amides is 1. The number of phenols is 1. The van der Waals surface area contributed by atoms with Gasteiger partial charge in [0.05, 0.1) is 17.3 Å². The lowest BCUT2D eigenvalue weighted by Crippen LogP contribution is -2.59. The van der Waals surface area contributed by atoms with Crippen LogP contribution in [0.3, 0.4) is 0 Å². The van der Waals surface area contributed by atoms with Gasteiger partial charge in [-0.25, -0.2) is 4.79 Å². The molecule has 2 fully saturated rings. The summed E-state index contributed by atoms with van der Waals surface area (Å²) in [4.78, 5) is 70.2.